The van der Waals surface area contributed by atoms with Crippen LogP contribution in [0.5, 0.6) is 0 Å². The molecule has 0 spiro atoms. The molecular formula is C33H33N5O6. The van der Waals surface area contributed by atoms with Gasteiger partial charge < -0.3 is 24.7 Å². The van der Waals surface area contributed by atoms with E-state index in [1.165, 1.54) is 4.90 Å². The van der Waals surface area contributed by atoms with Gasteiger partial charge in [-0.25, -0.2) is 9.59 Å². The molecule has 7 rings (SSSR count). The second kappa shape index (κ2) is 11.8. The summed E-state index contributed by atoms with van der Waals surface area (Å²) in [6, 6.07) is 17.4. The van der Waals surface area contributed by atoms with Gasteiger partial charge in [-0.2, -0.15) is 0 Å². The molecule has 44 heavy (non-hydrogen) atoms. The number of hydrogen-bond acceptors (Lipinski definition) is 7. The number of aromatic nitrogens is 1. The highest BCUT2D eigenvalue weighted by atomic mass is 16.6. The third-order valence-corrected chi connectivity index (χ3v) is 8.12. The maximum absolute atomic E-state index is 14.3. The molecule has 4 bridgehead atoms. The number of nitrogens with one attached hydrogen (secondary N) is 3. The Bertz CT molecular complexity index is 1840. The lowest BCUT2D eigenvalue weighted by Gasteiger charge is -2.28. The van der Waals surface area contributed by atoms with Gasteiger partial charge in [0.1, 0.15) is 12.6 Å². The van der Waals surface area contributed by atoms with Crippen molar-refractivity contribution in [3.8, 4) is 0 Å². The maximum atomic E-state index is 14.3. The topological polar surface area (TPSA) is 133 Å². The predicted octanol–water partition coefficient (Wildman–Crippen LogP) is 5.27. The highest BCUT2D eigenvalue weighted by molar-refractivity contribution is 5.93. The van der Waals surface area contributed by atoms with E-state index in [0.29, 0.717) is 34.6 Å². The number of amides is 3. The van der Waals surface area contributed by atoms with Gasteiger partial charge in [-0.05, 0) is 71.0 Å². The summed E-state index contributed by atoms with van der Waals surface area (Å²) in [6.07, 6.45) is 0.531. The Hall–Kier alpha value is -5.32. The molecule has 2 atom stereocenters. The number of carbonyl (C=O) groups excluding carboxylic acids is 3. The number of aryl methyl sites for hydroxylation is 1. The summed E-state index contributed by atoms with van der Waals surface area (Å²) in [7, 11) is 1.69. The number of pyridine rings is 1. The molecule has 3 aromatic carbocycles. The summed E-state index contributed by atoms with van der Waals surface area (Å²) in [5.41, 5.74) is 4.77. The minimum atomic E-state index is -0.796. The van der Waals surface area contributed by atoms with E-state index in [2.05, 4.69) is 15.6 Å². The molecule has 3 aliphatic heterocycles. The number of hydrogen-bond donors (Lipinski definition) is 3. The van der Waals surface area contributed by atoms with E-state index in [-0.39, 0.29) is 37.1 Å². The van der Waals surface area contributed by atoms with E-state index < -0.39 is 18.2 Å². The molecule has 0 aliphatic carbocycles. The molecule has 0 saturated carbocycles. The van der Waals surface area contributed by atoms with Crippen LogP contribution in [0.15, 0.2) is 71.7 Å². The summed E-state index contributed by atoms with van der Waals surface area (Å²) >= 11 is 0. The van der Waals surface area contributed by atoms with Crippen molar-refractivity contribution in [3.05, 3.63) is 99.5 Å². The molecule has 1 aromatic heterocycles. The summed E-state index contributed by atoms with van der Waals surface area (Å²) in [5, 5.41) is 7.44. The van der Waals surface area contributed by atoms with Crippen LogP contribution in [0.2, 0.25) is 0 Å². The number of carbonyl (C=O) groups is 3. The average Bonchev–Trinajstić information content (AvgIpc) is 3.43. The summed E-state index contributed by atoms with van der Waals surface area (Å²) in [4.78, 5) is 57.8. The minimum Gasteiger partial charge on any atom is -0.449 e. The second-order valence-electron chi connectivity index (χ2n) is 11.2. The zero-order valence-corrected chi connectivity index (χ0v) is 24.7. The van der Waals surface area contributed by atoms with Crippen LogP contribution < -0.4 is 21.1 Å². The van der Waals surface area contributed by atoms with Gasteiger partial charge in [-0.1, -0.05) is 31.2 Å². The number of nitrogens with zero attached hydrogens (tertiary/aromatic N) is 2. The fourth-order valence-electron chi connectivity index (χ4n) is 5.82. The number of H-pyrrole nitrogens is 1. The van der Waals surface area contributed by atoms with Gasteiger partial charge in [0.25, 0.3) is 5.56 Å². The lowest BCUT2D eigenvalue weighted by Crippen LogP contribution is -2.36. The van der Waals surface area contributed by atoms with Crippen molar-refractivity contribution < 1.29 is 23.9 Å². The fraction of sp³-hybridized carbons (Fsp3) is 0.273. The van der Waals surface area contributed by atoms with Gasteiger partial charge in [0.2, 0.25) is 5.91 Å². The van der Waals surface area contributed by atoms with Crippen molar-refractivity contribution in [3.63, 3.8) is 0 Å². The molecular weight excluding hydrogens is 562 g/mol. The zero-order chi connectivity index (χ0) is 31.0. The van der Waals surface area contributed by atoms with Crippen LogP contribution >= 0.6 is 0 Å². The Balaban J connectivity index is 1.42. The summed E-state index contributed by atoms with van der Waals surface area (Å²) in [6.45, 7) is 4.85. The summed E-state index contributed by atoms with van der Waals surface area (Å²) in [5.74, 6) is -0.328. The highest BCUT2D eigenvalue weighted by Crippen LogP contribution is 2.32. The normalized spacial score (nSPS) is 19.1. The molecule has 11 heteroatoms. The van der Waals surface area contributed by atoms with Gasteiger partial charge in [0.05, 0.1) is 18.8 Å². The highest BCUT2D eigenvalue weighted by Gasteiger charge is 2.29. The van der Waals surface area contributed by atoms with Crippen LogP contribution in [0.3, 0.4) is 0 Å². The van der Waals surface area contributed by atoms with Crippen molar-refractivity contribution in [1.82, 2.24) is 9.88 Å². The average molecular weight is 596 g/mol. The Morgan fingerprint density at radius 1 is 0.955 bits per heavy atom. The number of anilines is 3. The van der Waals surface area contributed by atoms with Crippen molar-refractivity contribution >= 4 is 45.9 Å². The maximum Gasteiger partial charge on any atom is 0.414 e. The van der Waals surface area contributed by atoms with Crippen LogP contribution in [0.1, 0.15) is 41.1 Å². The third kappa shape index (κ3) is 5.68. The van der Waals surface area contributed by atoms with Crippen molar-refractivity contribution in [2.75, 3.05) is 42.3 Å². The Morgan fingerprint density at radius 3 is 2.57 bits per heavy atom. The Kier molecular flexibility index (Phi) is 7.69. The minimum absolute atomic E-state index is 0.0983. The Labute approximate surface area is 253 Å². The number of fused-ring (bicyclic) bond motifs is 10. The number of benzene rings is 3. The van der Waals surface area contributed by atoms with Crippen LogP contribution in [0, 0.1) is 6.92 Å². The molecule has 0 radical (unpaired) electrons. The molecule has 3 N–H and O–H groups in total. The largest absolute Gasteiger partial charge is 0.449 e. The Morgan fingerprint density at radius 2 is 1.80 bits per heavy atom. The number of ether oxygens (including phenoxy) is 2. The van der Waals surface area contributed by atoms with E-state index in [4.69, 9.17) is 9.47 Å². The molecule has 4 aromatic rings. The van der Waals surface area contributed by atoms with E-state index in [1.54, 1.807) is 42.4 Å². The lowest BCUT2D eigenvalue weighted by atomic mass is 9.93. The second-order valence-corrected chi connectivity index (χ2v) is 11.2. The number of aromatic amines is 1. The van der Waals surface area contributed by atoms with E-state index in [1.807, 2.05) is 50.2 Å². The zero-order valence-electron chi connectivity index (χ0n) is 24.7. The van der Waals surface area contributed by atoms with Gasteiger partial charge >= 0.3 is 12.2 Å². The molecule has 4 heterocycles. The number of rotatable bonds is 3. The monoisotopic (exact) mass is 595 g/mol. The smallest absolute Gasteiger partial charge is 0.414 e. The molecule has 1 fully saturated rings. The van der Waals surface area contributed by atoms with Crippen LogP contribution in [-0.4, -0.2) is 54.8 Å². The lowest BCUT2D eigenvalue weighted by molar-refractivity contribution is -0.131. The SMILES string of the molecule is Cc1cc2ccc1[C@@H](C)COC(=O)Nc1ccc(N3CCOC3=O)c(c1)CN(C)C(=O)[C@@H]2Nc1ccc2cc[nH]c(=O)c2c1. The molecule has 1 saturated heterocycles. The van der Waals surface area contributed by atoms with Crippen LogP contribution in [0.4, 0.5) is 26.7 Å². The number of cyclic esters (lactones) is 1. The van der Waals surface area contributed by atoms with Crippen LogP contribution in [0.25, 0.3) is 10.8 Å². The number of likely N-dealkylation sites (N-methyl/N-ethyl adjacent to an activating group) is 1. The fourth-order valence-corrected chi connectivity index (χ4v) is 5.82. The summed E-state index contributed by atoms with van der Waals surface area (Å²) < 4.78 is 10.7. The van der Waals surface area contributed by atoms with Gasteiger partial charge in [-0.15, -0.1) is 0 Å². The molecule has 3 aliphatic rings. The quantitative estimate of drug-likeness (QED) is 0.294. The molecule has 11 nitrogen and oxygen atoms in total. The van der Waals surface area contributed by atoms with Gasteiger partial charge in [-0.3, -0.25) is 19.8 Å². The first kappa shape index (κ1) is 28.8. The first-order valence-corrected chi connectivity index (χ1v) is 14.4. The van der Waals surface area contributed by atoms with Crippen molar-refractivity contribution in [2.45, 2.75) is 32.4 Å². The molecule has 226 valence electrons. The predicted molar refractivity (Wildman–Crippen MR) is 167 cm³/mol. The molecule has 3 amide bonds. The van der Waals surface area contributed by atoms with E-state index >= 15 is 0 Å². The standard InChI is InChI=1S/C33H33N5O6/c1-19-14-22-5-8-26(19)20(2)18-44-32(41)36-24-7-9-28(38-12-13-43-33(38)42)23(15-24)17-37(3)31(40)29(22)35-25-6-4-21-10-11-34-30(39)27(21)16-25/h4-11,14-16,20,29,35H,12-13,17-18H2,1-3H3,(H,34,39)(H,36,41)/t20-,29+/m0/s1. The van der Waals surface area contributed by atoms with E-state index in [9.17, 15) is 19.2 Å². The van der Waals surface area contributed by atoms with E-state index in [0.717, 1.165) is 22.1 Å². The first-order valence-electron chi connectivity index (χ1n) is 14.4. The van der Waals surface area contributed by atoms with Crippen LogP contribution in [-0.2, 0) is 20.8 Å². The van der Waals surface area contributed by atoms with Crippen molar-refractivity contribution in [2.24, 2.45) is 0 Å². The van der Waals surface area contributed by atoms with Crippen molar-refractivity contribution in [1.29, 1.82) is 0 Å². The first-order chi connectivity index (χ1) is 21.2. The third-order valence-electron chi connectivity index (χ3n) is 8.12. The van der Waals surface area contributed by atoms with Gasteiger partial charge in [0, 0.05) is 42.5 Å². The van der Waals surface area contributed by atoms with Gasteiger partial charge in [0.15, 0.2) is 0 Å². The molecule has 0 unspecified atom stereocenters.